The summed E-state index contributed by atoms with van der Waals surface area (Å²) in [5.41, 5.74) is 6.11. The second kappa shape index (κ2) is 24.6. The monoisotopic (exact) mass is 1150 g/mol. The van der Waals surface area contributed by atoms with Crippen LogP contribution in [0, 0.1) is 0 Å². The average Bonchev–Trinajstić information content (AvgIpc) is 0.909. The third-order valence-electron chi connectivity index (χ3n) is 16.9. The van der Waals surface area contributed by atoms with E-state index in [1.807, 2.05) is 315 Å². The van der Waals surface area contributed by atoms with E-state index in [1.165, 1.54) is 0 Å². The molecule has 0 radical (unpaired) electrons. The van der Waals surface area contributed by atoms with E-state index in [-0.39, 0.29) is 26.4 Å². The Morgan fingerprint density at radius 3 is 0.477 bits per heavy atom. The number of benzene rings is 12. The SMILES string of the molecule is OC(COc1ccc2c(c1)-c1cc(OCC(O)(c3ccccc3)c3ccccc3)ccc1-c1ccc(OCC(O)(c3ccccc3)c3ccccc3)cc1-c1cc(OCC(O)(c3ccccc3)c3ccccc3)ccc1-2)(c1ccccc1)c1ccccc1. The van der Waals surface area contributed by atoms with E-state index in [4.69, 9.17) is 18.9 Å². The predicted molar refractivity (Wildman–Crippen MR) is 347 cm³/mol. The van der Waals surface area contributed by atoms with Gasteiger partial charge in [0.2, 0.25) is 0 Å². The molecule has 0 saturated carbocycles. The molecule has 0 saturated heterocycles. The highest BCUT2D eigenvalue weighted by Gasteiger charge is 2.37. The fourth-order valence-corrected chi connectivity index (χ4v) is 12.1. The molecule has 1 aliphatic rings. The normalized spacial score (nSPS) is 12.0. The molecule has 8 nitrogen and oxygen atoms in total. The molecule has 0 spiro atoms. The first kappa shape index (κ1) is 56.8. The predicted octanol–water partition coefficient (Wildman–Crippen LogP) is 15.9. The van der Waals surface area contributed by atoms with Crippen molar-refractivity contribution in [2.75, 3.05) is 26.4 Å². The van der Waals surface area contributed by atoms with Crippen LogP contribution in [-0.4, -0.2) is 46.9 Å². The second-order valence-electron chi connectivity index (χ2n) is 22.4. The molecular weight excluding hydrogens is 1090 g/mol. The summed E-state index contributed by atoms with van der Waals surface area (Å²) in [6.07, 6.45) is 0. The van der Waals surface area contributed by atoms with Gasteiger partial charge in [-0.3, -0.25) is 0 Å². The highest BCUT2D eigenvalue weighted by molar-refractivity contribution is 6.04. The van der Waals surface area contributed by atoms with Gasteiger partial charge in [0.1, 0.15) is 71.8 Å². The number of hydrogen-bond donors (Lipinski definition) is 4. The molecule has 12 aromatic rings. The molecule has 1 aliphatic carbocycles. The van der Waals surface area contributed by atoms with Crippen molar-refractivity contribution in [2.45, 2.75) is 22.4 Å². The Labute approximate surface area is 513 Å². The third kappa shape index (κ3) is 11.3. The van der Waals surface area contributed by atoms with Crippen LogP contribution in [-0.2, 0) is 22.4 Å². The Balaban J connectivity index is 0.964. The van der Waals surface area contributed by atoms with Crippen LogP contribution >= 0.6 is 0 Å². The van der Waals surface area contributed by atoms with Gasteiger partial charge in [-0.25, -0.2) is 0 Å². The molecule has 0 fully saturated rings. The summed E-state index contributed by atoms with van der Waals surface area (Å²) in [5.74, 6) is 2.06. The maximum atomic E-state index is 12.7. The van der Waals surface area contributed by atoms with E-state index in [0.717, 1.165) is 44.5 Å². The Kier molecular flexibility index (Phi) is 15.9. The first-order chi connectivity index (χ1) is 43.1. The van der Waals surface area contributed by atoms with E-state index in [2.05, 4.69) is 0 Å². The Bertz CT molecular complexity index is 3580. The summed E-state index contributed by atoms with van der Waals surface area (Å²) in [5, 5.41) is 50.9. The molecule has 0 heterocycles. The van der Waals surface area contributed by atoms with Gasteiger partial charge in [0.05, 0.1) is 0 Å². The number of fused-ring (bicyclic) bond motifs is 8. The van der Waals surface area contributed by atoms with Crippen molar-refractivity contribution in [1.29, 1.82) is 0 Å². The molecule has 13 rings (SSSR count). The van der Waals surface area contributed by atoms with Gasteiger partial charge in [-0.15, -0.1) is 0 Å². The first-order valence-electron chi connectivity index (χ1n) is 29.5. The summed E-state index contributed by atoms with van der Waals surface area (Å²) < 4.78 is 27.2. The molecule has 0 amide bonds. The fraction of sp³-hybridized carbons (Fsp3) is 0.100. The van der Waals surface area contributed by atoms with E-state index in [9.17, 15) is 20.4 Å². The molecule has 432 valence electrons. The van der Waals surface area contributed by atoms with Crippen molar-refractivity contribution < 1.29 is 39.4 Å². The zero-order valence-corrected chi connectivity index (χ0v) is 48.3. The lowest BCUT2D eigenvalue weighted by Crippen LogP contribution is -2.34. The third-order valence-corrected chi connectivity index (χ3v) is 16.9. The van der Waals surface area contributed by atoms with Crippen molar-refractivity contribution in [3.8, 4) is 67.5 Å². The Morgan fingerprint density at radius 2 is 0.330 bits per heavy atom. The highest BCUT2D eigenvalue weighted by Crippen LogP contribution is 2.52. The minimum Gasteiger partial charge on any atom is -0.490 e. The lowest BCUT2D eigenvalue weighted by molar-refractivity contribution is 0.0274. The molecule has 0 bridgehead atoms. The maximum Gasteiger partial charge on any atom is 0.148 e. The number of rotatable bonds is 20. The summed E-state index contributed by atoms with van der Waals surface area (Å²) in [7, 11) is 0. The summed E-state index contributed by atoms with van der Waals surface area (Å²) in [6.45, 7) is -0.396. The van der Waals surface area contributed by atoms with Gasteiger partial charge in [0.25, 0.3) is 0 Å². The molecule has 0 aromatic heterocycles. The molecule has 12 aromatic carbocycles. The highest BCUT2D eigenvalue weighted by atomic mass is 16.5. The van der Waals surface area contributed by atoms with Crippen LogP contribution in [0.1, 0.15) is 44.5 Å². The molecular formula is C80H64O8. The van der Waals surface area contributed by atoms with E-state index < -0.39 is 22.4 Å². The van der Waals surface area contributed by atoms with Crippen LogP contribution in [0.4, 0.5) is 0 Å². The van der Waals surface area contributed by atoms with Crippen LogP contribution in [0.3, 0.4) is 0 Å². The maximum absolute atomic E-state index is 12.7. The van der Waals surface area contributed by atoms with Gasteiger partial charge in [-0.2, -0.15) is 0 Å². The topological polar surface area (TPSA) is 118 Å². The van der Waals surface area contributed by atoms with Crippen molar-refractivity contribution >= 4 is 0 Å². The lowest BCUT2D eigenvalue weighted by Gasteiger charge is -2.31. The minimum atomic E-state index is -1.51. The van der Waals surface area contributed by atoms with Gasteiger partial charge in [-0.05, 0) is 138 Å². The number of ether oxygens (including phenoxy) is 4. The van der Waals surface area contributed by atoms with Gasteiger partial charge in [0, 0.05) is 0 Å². The van der Waals surface area contributed by atoms with E-state index in [1.54, 1.807) is 0 Å². The van der Waals surface area contributed by atoms with Crippen LogP contribution in [0.25, 0.3) is 44.5 Å². The van der Waals surface area contributed by atoms with Gasteiger partial charge < -0.3 is 39.4 Å². The second-order valence-corrected chi connectivity index (χ2v) is 22.4. The van der Waals surface area contributed by atoms with Crippen LogP contribution < -0.4 is 18.9 Å². The number of hydrogen-bond acceptors (Lipinski definition) is 8. The summed E-state index contributed by atoms with van der Waals surface area (Å²) >= 11 is 0. The Morgan fingerprint density at radius 1 is 0.182 bits per heavy atom. The smallest absolute Gasteiger partial charge is 0.148 e. The van der Waals surface area contributed by atoms with Crippen LogP contribution in [0.15, 0.2) is 315 Å². The largest absolute Gasteiger partial charge is 0.490 e. The van der Waals surface area contributed by atoms with Gasteiger partial charge in [0.15, 0.2) is 0 Å². The van der Waals surface area contributed by atoms with Crippen molar-refractivity contribution in [3.63, 3.8) is 0 Å². The molecule has 0 unspecified atom stereocenters. The van der Waals surface area contributed by atoms with Crippen molar-refractivity contribution in [1.82, 2.24) is 0 Å². The zero-order chi connectivity index (χ0) is 60.0. The molecule has 0 aliphatic heterocycles. The van der Waals surface area contributed by atoms with Gasteiger partial charge >= 0.3 is 0 Å². The zero-order valence-electron chi connectivity index (χ0n) is 48.3. The van der Waals surface area contributed by atoms with Crippen LogP contribution in [0.2, 0.25) is 0 Å². The quantitative estimate of drug-likeness (QED) is 0.0596. The Hall–Kier alpha value is -10.3. The average molecular weight is 1150 g/mol. The molecule has 0 atom stereocenters. The molecule has 8 heteroatoms. The summed E-state index contributed by atoms with van der Waals surface area (Å²) in [6, 6.07) is 100. The first-order valence-corrected chi connectivity index (χ1v) is 29.5. The lowest BCUT2D eigenvalue weighted by atomic mass is 9.80. The summed E-state index contributed by atoms with van der Waals surface area (Å²) in [4.78, 5) is 0. The fourth-order valence-electron chi connectivity index (χ4n) is 12.1. The van der Waals surface area contributed by atoms with E-state index in [0.29, 0.717) is 67.5 Å². The van der Waals surface area contributed by atoms with Crippen LogP contribution in [0.5, 0.6) is 23.0 Å². The number of aliphatic hydroxyl groups is 4. The minimum absolute atomic E-state index is 0.0990. The van der Waals surface area contributed by atoms with E-state index >= 15 is 0 Å². The van der Waals surface area contributed by atoms with Gasteiger partial charge in [-0.1, -0.05) is 267 Å². The molecule has 88 heavy (non-hydrogen) atoms. The molecule has 4 N–H and O–H groups in total. The standard InChI is InChI=1S/C80H64O8/c81-77(57-25-9-1-10-26-57,58-27-11-2-12-28-58)53-85-65-41-45-69-70-46-42-67(87-55-79(83,61-33-17-5-18-34-61)62-35-19-6-20-36-62)51-75(70)76-52-68(88-56-80(84,63-37-21-7-22-38-63)64-39-23-8-24-40-64)44-48-72(76)71-47-43-66(50-74(71)73(69)49-65)86-54-78(82,59-29-13-3-14-30-59)60-31-15-4-16-32-60/h1-52,81-84H,53-56H2. The van der Waals surface area contributed by atoms with Crippen molar-refractivity contribution in [3.05, 3.63) is 360 Å². The van der Waals surface area contributed by atoms with Crippen molar-refractivity contribution in [2.24, 2.45) is 0 Å².